The first kappa shape index (κ1) is 174. The van der Waals surface area contributed by atoms with Crippen molar-refractivity contribution in [3.05, 3.63) is 0 Å². The smallest absolute Gasteiger partial charge is 0 e. The van der Waals surface area contributed by atoms with Crippen LogP contribution in [0.4, 0.5) is 0 Å². The Balaban J connectivity index is 0. The molecule has 0 aromatic carbocycles. The molecule has 0 bridgehead atoms. The number of rotatable bonds is 0. The van der Waals surface area contributed by atoms with Crippen molar-refractivity contribution in [2.24, 2.45) is 0 Å². The van der Waals surface area contributed by atoms with Crippen LogP contribution >= 0.6 is 0 Å². The maximum atomic E-state index is 0. The van der Waals surface area contributed by atoms with Gasteiger partial charge in [0, 0.05) is 231 Å². The minimum absolute atomic E-state index is 0. The normalized spacial score (nSPS) is 0. The molecule has 14 heteroatoms. The molecule has 14 heavy (non-hydrogen) atoms. The Morgan fingerprint density at radius 1 is 0.0714 bits per heavy atom. The van der Waals surface area contributed by atoms with E-state index in [4.69, 9.17) is 0 Å². The van der Waals surface area contributed by atoms with E-state index in [9.17, 15) is 0 Å². The molecule has 0 aliphatic rings. The van der Waals surface area contributed by atoms with Crippen LogP contribution in [0.2, 0.25) is 0 Å². The molecule has 0 heterocycles. The first-order chi connectivity index (χ1) is 0. The SMILES string of the molecule is [Ni].[Ni].[Ni].[Ni].[Ni].[Ni].[Ni].[Ni].[Ni].[Ni].[Ni].[Ni].[Ni].[Ni]. The van der Waals surface area contributed by atoms with Crippen LogP contribution in [0.5, 0.6) is 0 Å². The summed E-state index contributed by atoms with van der Waals surface area (Å²) in [5, 5.41) is 0. The summed E-state index contributed by atoms with van der Waals surface area (Å²) >= 11 is 0. The van der Waals surface area contributed by atoms with Crippen LogP contribution in [0.3, 0.4) is 0 Å². The molecule has 0 N–H and O–H groups in total. The monoisotopic (exact) mass is 811 g/mol. The summed E-state index contributed by atoms with van der Waals surface area (Å²) < 4.78 is 0. The third kappa shape index (κ3) is 127. The van der Waals surface area contributed by atoms with Crippen molar-refractivity contribution in [3.8, 4) is 0 Å². The standard InChI is InChI=1S/14Ni. The molecule has 0 nitrogen and oxygen atoms in total. The van der Waals surface area contributed by atoms with Crippen molar-refractivity contribution in [1.82, 2.24) is 0 Å². The Labute approximate surface area is 226 Å². The zero-order valence-corrected chi connectivity index (χ0v) is 18.3. The Kier molecular flexibility index (Phi) is 1850. The van der Waals surface area contributed by atoms with Gasteiger partial charge in [-0.05, 0) is 0 Å². The molecule has 0 saturated heterocycles. The predicted molar refractivity (Wildman–Crippen MR) is 0 cm³/mol. The van der Waals surface area contributed by atoms with Gasteiger partial charge in [0.05, 0.1) is 0 Å². The van der Waals surface area contributed by atoms with Crippen LogP contribution in [0.1, 0.15) is 0 Å². The van der Waals surface area contributed by atoms with Crippen molar-refractivity contribution >= 4 is 0 Å². The quantitative estimate of drug-likeness (QED) is 0.302. The van der Waals surface area contributed by atoms with E-state index in [0.717, 1.165) is 0 Å². The molecule has 0 amide bonds. The molecule has 140 valence electrons. The summed E-state index contributed by atoms with van der Waals surface area (Å²) in [6.45, 7) is 0. The largest absolute Gasteiger partial charge is 0 e. The summed E-state index contributed by atoms with van der Waals surface area (Å²) in [7, 11) is 0. The Morgan fingerprint density at radius 2 is 0.0714 bits per heavy atom. The van der Waals surface area contributed by atoms with Gasteiger partial charge in [-0.2, -0.15) is 0 Å². The van der Waals surface area contributed by atoms with E-state index in [1.807, 2.05) is 0 Å². The summed E-state index contributed by atoms with van der Waals surface area (Å²) in [4.78, 5) is 0. The van der Waals surface area contributed by atoms with Crippen molar-refractivity contribution < 1.29 is 231 Å². The first-order valence-electron chi connectivity index (χ1n) is 0. The van der Waals surface area contributed by atoms with Crippen LogP contribution in [-0.4, -0.2) is 0 Å². The minimum atomic E-state index is 0. The minimum Gasteiger partial charge on any atom is 0 e. The van der Waals surface area contributed by atoms with Crippen LogP contribution in [-0.2, 0) is 231 Å². The molecule has 0 saturated carbocycles. The van der Waals surface area contributed by atoms with Gasteiger partial charge in [0.2, 0.25) is 0 Å². The van der Waals surface area contributed by atoms with Gasteiger partial charge in [-0.3, -0.25) is 0 Å². The molecule has 0 fully saturated rings. The predicted octanol–water partition coefficient (Wildman–Crippen LogP) is -0.0350. The zero-order chi connectivity index (χ0) is 0. The molecule has 0 aromatic heterocycles. The second kappa shape index (κ2) is 149. The summed E-state index contributed by atoms with van der Waals surface area (Å²) in [6.07, 6.45) is 0. The second-order valence-electron chi connectivity index (χ2n) is 0. The molecule has 0 atom stereocenters. The van der Waals surface area contributed by atoms with Crippen molar-refractivity contribution in [3.63, 3.8) is 0 Å². The van der Waals surface area contributed by atoms with E-state index >= 15 is 0 Å². The maximum absolute atomic E-state index is 0. The second-order valence-corrected chi connectivity index (χ2v) is 0. The average Bonchev–Trinajstić information content (AvgIpc) is 0. The first-order valence-corrected chi connectivity index (χ1v) is 0. The molecule has 0 aliphatic heterocycles. The Morgan fingerprint density at radius 3 is 0.0714 bits per heavy atom. The van der Waals surface area contributed by atoms with Gasteiger partial charge < -0.3 is 0 Å². The van der Waals surface area contributed by atoms with Gasteiger partial charge in [-0.25, -0.2) is 0 Å². The zero-order valence-electron chi connectivity index (χ0n) is 4.43. The molecule has 0 aromatic rings. The third-order valence-corrected chi connectivity index (χ3v) is 0. The molecular formula is Ni14. The molecule has 0 aliphatic carbocycles. The fourth-order valence-corrected chi connectivity index (χ4v) is 0. The van der Waals surface area contributed by atoms with Crippen molar-refractivity contribution in [2.45, 2.75) is 0 Å². The molecular weight excluding hydrogens is 822 g/mol. The van der Waals surface area contributed by atoms with Crippen LogP contribution in [0, 0.1) is 0 Å². The van der Waals surface area contributed by atoms with Crippen LogP contribution < -0.4 is 0 Å². The van der Waals surface area contributed by atoms with Gasteiger partial charge in [0.1, 0.15) is 0 Å². The molecule has 0 radical (unpaired) electrons. The number of hydrogen-bond acceptors (Lipinski definition) is 0. The van der Waals surface area contributed by atoms with E-state index in [1.54, 1.807) is 0 Å². The van der Waals surface area contributed by atoms with Crippen LogP contribution in [0.25, 0.3) is 0 Å². The molecule has 0 unspecified atom stereocenters. The third-order valence-electron chi connectivity index (χ3n) is 0. The fourth-order valence-electron chi connectivity index (χ4n) is 0. The Hall–Kier alpha value is 6.91. The number of hydrogen-bond donors (Lipinski definition) is 0. The summed E-state index contributed by atoms with van der Waals surface area (Å²) in [5.74, 6) is 0. The molecule has 0 rings (SSSR count). The maximum Gasteiger partial charge on any atom is 0 e. The van der Waals surface area contributed by atoms with Gasteiger partial charge >= 0.3 is 0 Å². The van der Waals surface area contributed by atoms with E-state index in [-0.39, 0.29) is 231 Å². The molecule has 0 spiro atoms. The fraction of sp³-hybridized carbons (Fsp3) is 0. The van der Waals surface area contributed by atoms with E-state index in [1.165, 1.54) is 0 Å². The van der Waals surface area contributed by atoms with Crippen molar-refractivity contribution in [1.29, 1.82) is 0 Å². The topological polar surface area (TPSA) is 0 Å². The average molecular weight is 822 g/mol. The van der Waals surface area contributed by atoms with E-state index in [0.29, 0.717) is 0 Å². The van der Waals surface area contributed by atoms with Gasteiger partial charge in [0.25, 0.3) is 0 Å². The summed E-state index contributed by atoms with van der Waals surface area (Å²) in [6, 6.07) is 0. The van der Waals surface area contributed by atoms with E-state index < -0.39 is 0 Å². The van der Waals surface area contributed by atoms with Gasteiger partial charge in [-0.15, -0.1) is 0 Å². The Bertz CT molecular complexity index is 0. The van der Waals surface area contributed by atoms with E-state index in [2.05, 4.69) is 0 Å². The van der Waals surface area contributed by atoms with Gasteiger partial charge in [-0.1, -0.05) is 0 Å². The van der Waals surface area contributed by atoms with Gasteiger partial charge in [0.15, 0.2) is 0 Å². The summed E-state index contributed by atoms with van der Waals surface area (Å²) in [5.41, 5.74) is 0. The van der Waals surface area contributed by atoms with Crippen molar-refractivity contribution in [2.75, 3.05) is 0 Å². The van der Waals surface area contributed by atoms with Crippen LogP contribution in [0.15, 0.2) is 0 Å².